The Bertz CT molecular complexity index is 740. The van der Waals surface area contributed by atoms with Gasteiger partial charge in [-0.15, -0.1) is 0 Å². The first-order valence-corrected chi connectivity index (χ1v) is 10.5. The van der Waals surface area contributed by atoms with Crippen molar-refractivity contribution in [2.24, 2.45) is 28.1 Å². The lowest BCUT2D eigenvalue weighted by atomic mass is 9.98. The van der Waals surface area contributed by atoms with Crippen molar-refractivity contribution in [3.8, 4) is 0 Å². The molecule has 0 aromatic rings. The van der Waals surface area contributed by atoms with Crippen LogP contribution in [0, 0.1) is 5.92 Å². The fraction of sp³-hybridized carbons (Fsp3) is 0.684. The van der Waals surface area contributed by atoms with E-state index in [9.17, 15) is 29.1 Å². The van der Waals surface area contributed by atoms with Gasteiger partial charge < -0.3 is 43.4 Å². The fourth-order valence-corrected chi connectivity index (χ4v) is 2.65. The lowest BCUT2D eigenvalue weighted by molar-refractivity contribution is -0.144. The largest absolute Gasteiger partial charge is 0.481 e. The summed E-state index contributed by atoms with van der Waals surface area (Å²) in [6.45, 7) is 4.95. The molecule has 11 N–H and O–H groups in total. The van der Waals surface area contributed by atoms with Crippen molar-refractivity contribution in [2.45, 2.75) is 70.6 Å². The van der Waals surface area contributed by atoms with Gasteiger partial charge in [-0.1, -0.05) is 20.3 Å². The van der Waals surface area contributed by atoms with Crippen LogP contribution in [-0.2, 0) is 24.0 Å². The minimum absolute atomic E-state index is 0.0860. The average molecular weight is 474 g/mol. The molecule has 0 heterocycles. The molecule has 188 valence electrons. The predicted molar refractivity (Wildman–Crippen MR) is 119 cm³/mol. The molecule has 0 saturated carbocycles. The molecular formula is C19H35N7O7. The first kappa shape index (κ1) is 29.6. The molecular weight excluding hydrogens is 438 g/mol. The number of rotatable bonds is 15. The molecule has 0 radical (unpaired) electrons. The van der Waals surface area contributed by atoms with Crippen LogP contribution in [0.15, 0.2) is 4.99 Å². The van der Waals surface area contributed by atoms with Crippen LogP contribution < -0.4 is 33.2 Å². The molecule has 0 aromatic carbocycles. The quantitative estimate of drug-likeness (QED) is 0.0701. The highest BCUT2D eigenvalue weighted by atomic mass is 16.4. The second-order valence-electron chi connectivity index (χ2n) is 7.65. The number of hydrogen-bond donors (Lipinski definition) is 8. The van der Waals surface area contributed by atoms with E-state index < -0.39 is 66.2 Å². The standard InChI is InChI=1S/C19H35N7O7/c1-4-9(2)14(18(32)33)26-17(31)12(8-13(27)28)25-15(29)10(3)24-16(30)11(20)6-5-7-23-19(21)22/h9-12,14H,4-8,20H2,1-3H3,(H,24,30)(H,25,29)(H,26,31)(H,27,28)(H,32,33)(H4,21,22,23). The molecule has 0 spiro atoms. The molecule has 0 aliphatic rings. The number of carboxylic acid groups (broad SMARTS) is 2. The molecule has 14 heteroatoms. The maximum atomic E-state index is 12.5. The first-order chi connectivity index (χ1) is 15.3. The van der Waals surface area contributed by atoms with E-state index in [4.69, 9.17) is 22.3 Å². The Kier molecular flexibility index (Phi) is 13.1. The smallest absolute Gasteiger partial charge is 0.326 e. The molecule has 0 rings (SSSR count). The van der Waals surface area contributed by atoms with Gasteiger partial charge in [0.2, 0.25) is 17.7 Å². The van der Waals surface area contributed by atoms with E-state index in [1.165, 1.54) is 6.92 Å². The maximum Gasteiger partial charge on any atom is 0.326 e. The van der Waals surface area contributed by atoms with Gasteiger partial charge in [0.25, 0.3) is 0 Å². The normalized spacial score (nSPS) is 15.2. The third-order valence-corrected chi connectivity index (χ3v) is 4.84. The average Bonchev–Trinajstić information content (AvgIpc) is 2.72. The van der Waals surface area contributed by atoms with Crippen LogP contribution in [0.3, 0.4) is 0 Å². The van der Waals surface area contributed by atoms with Crippen molar-refractivity contribution in [3.63, 3.8) is 0 Å². The first-order valence-electron chi connectivity index (χ1n) is 10.5. The lowest BCUT2D eigenvalue weighted by Gasteiger charge is -2.25. The minimum Gasteiger partial charge on any atom is -0.481 e. The second kappa shape index (κ2) is 14.6. The molecule has 0 bridgehead atoms. The Morgan fingerprint density at radius 1 is 0.939 bits per heavy atom. The van der Waals surface area contributed by atoms with Gasteiger partial charge in [0.15, 0.2) is 5.96 Å². The third kappa shape index (κ3) is 11.7. The van der Waals surface area contributed by atoms with Gasteiger partial charge in [-0.25, -0.2) is 4.79 Å². The Morgan fingerprint density at radius 2 is 1.55 bits per heavy atom. The lowest BCUT2D eigenvalue weighted by Crippen LogP contribution is -2.57. The van der Waals surface area contributed by atoms with Crippen molar-refractivity contribution in [1.82, 2.24) is 16.0 Å². The van der Waals surface area contributed by atoms with E-state index >= 15 is 0 Å². The van der Waals surface area contributed by atoms with Gasteiger partial charge in [-0.3, -0.25) is 24.2 Å². The van der Waals surface area contributed by atoms with E-state index in [2.05, 4.69) is 20.9 Å². The van der Waals surface area contributed by atoms with E-state index in [-0.39, 0.29) is 18.9 Å². The summed E-state index contributed by atoms with van der Waals surface area (Å²) in [4.78, 5) is 63.5. The number of aliphatic imine (C=N–C) groups is 1. The maximum absolute atomic E-state index is 12.5. The molecule has 0 aromatic heterocycles. The molecule has 0 aliphatic heterocycles. The number of amides is 3. The SMILES string of the molecule is CCC(C)C(NC(=O)C(CC(=O)O)NC(=O)C(C)NC(=O)C(N)CCCN=C(N)N)C(=O)O. The van der Waals surface area contributed by atoms with Gasteiger partial charge in [0.1, 0.15) is 18.1 Å². The summed E-state index contributed by atoms with van der Waals surface area (Å²) in [6.07, 6.45) is 0.333. The molecule has 3 amide bonds. The number of nitrogens with zero attached hydrogens (tertiary/aromatic N) is 1. The van der Waals surface area contributed by atoms with E-state index in [1.54, 1.807) is 13.8 Å². The molecule has 0 saturated heterocycles. The van der Waals surface area contributed by atoms with Crippen LogP contribution in [-0.4, -0.2) is 76.5 Å². The molecule has 14 nitrogen and oxygen atoms in total. The monoisotopic (exact) mass is 473 g/mol. The van der Waals surface area contributed by atoms with Gasteiger partial charge in [0.05, 0.1) is 12.5 Å². The zero-order chi connectivity index (χ0) is 25.7. The van der Waals surface area contributed by atoms with Crippen molar-refractivity contribution in [2.75, 3.05) is 6.54 Å². The Labute approximate surface area is 191 Å². The zero-order valence-electron chi connectivity index (χ0n) is 19.0. The van der Waals surface area contributed by atoms with Crippen LogP contribution in [0.25, 0.3) is 0 Å². The van der Waals surface area contributed by atoms with Gasteiger partial charge in [0, 0.05) is 6.54 Å². The Hall–Kier alpha value is -3.42. The van der Waals surface area contributed by atoms with Gasteiger partial charge >= 0.3 is 11.9 Å². The topological polar surface area (TPSA) is 252 Å². The molecule has 5 atom stereocenters. The molecule has 33 heavy (non-hydrogen) atoms. The number of nitrogens with one attached hydrogen (secondary N) is 3. The number of carbonyl (C=O) groups is 5. The zero-order valence-corrected chi connectivity index (χ0v) is 19.0. The number of carboxylic acids is 2. The summed E-state index contributed by atoms with van der Waals surface area (Å²) in [7, 11) is 0. The van der Waals surface area contributed by atoms with Crippen LogP contribution in [0.4, 0.5) is 0 Å². The van der Waals surface area contributed by atoms with Crippen molar-refractivity contribution in [1.29, 1.82) is 0 Å². The highest BCUT2D eigenvalue weighted by Crippen LogP contribution is 2.09. The number of nitrogens with two attached hydrogens (primary N) is 3. The van der Waals surface area contributed by atoms with E-state index in [0.717, 1.165) is 0 Å². The van der Waals surface area contributed by atoms with Crippen LogP contribution >= 0.6 is 0 Å². The van der Waals surface area contributed by atoms with Crippen molar-refractivity contribution < 1.29 is 34.2 Å². The summed E-state index contributed by atoms with van der Waals surface area (Å²) < 4.78 is 0. The minimum atomic E-state index is -1.55. The highest BCUT2D eigenvalue weighted by Gasteiger charge is 2.32. The fourth-order valence-electron chi connectivity index (χ4n) is 2.65. The number of guanidine groups is 1. The molecule has 0 fully saturated rings. The van der Waals surface area contributed by atoms with Crippen molar-refractivity contribution in [3.05, 3.63) is 0 Å². The molecule has 5 unspecified atom stereocenters. The van der Waals surface area contributed by atoms with Crippen LogP contribution in [0.1, 0.15) is 46.5 Å². The number of carbonyl (C=O) groups excluding carboxylic acids is 3. The summed E-state index contributed by atoms with van der Waals surface area (Å²) >= 11 is 0. The molecule has 0 aliphatic carbocycles. The van der Waals surface area contributed by atoms with Crippen LogP contribution in [0.5, 0.6) is 0 Å². The van der Waals surface area contributed by atoms with E-state index in [0.29, 0.717) is 12.8 Å². The van der Waals surface area contributed by atoms with Gasteiger partial charge in [-0.2, -0.15) is 0 Å². The van der Waals surface area contributed by atoms with E-state index in [1.807, 2.05) is 0 Å². The second-order valence-corrected chi connectivity index (χ2v) is 7.65. The summed E-state index contributed by atoms with van der Waals surface area (Å²) in [5.41, 5.74) is 16.2. The predicted octanol–water partition coefficient (Wildman–Crippen LogP) is -2.55. The van der Waals surface area contributed by atoms with Gasteiger partial charge in [-0.05, 0) is 25.7 Å². The summed E-state index contributed by atoms with van der Waals surface area (Å²) in [6, 6.07) is -4.90. The summed E-state index contributed by atoms with van der Waals surface area (Å²) in [5.74, 6) is -5.63. The van der Waals surface area contributed by atoms with Crippen LogP contribution in [0.2, 0.25) is 0 Å². The highest BCUT2D eigenvalue weighted by molar-refractivity contribution is 5.95. The third-order valence-electron chi connectivity index (χ3n) is 4.84. The summed E-state index contributed by atoms with van der Waals surface area (Å²) in [5, 5.41) is 25.3. The Balaban J connectivity index is 5.03. The number of hydrogen-bond acceptors (Lipinski definition) is 7. The Morgan fingerprint density at radius 3 is 2.03 bits per heavy atom. The van der Waals surface area contributed by atoms with Crippen molar-refractivity contribution >= 4 is 35.6 Å². The number of aliphatic carboxylic acids is 2.